The fourth-order valence-corrected chi connectivity index (χ4v) is 6.21. The van der Waals surface area contributed by atoms with E-state index in [4.69, 9.17) is 5.73 Å². The SMILES string of the molecule is CCCCCC(=O)c1ccc(O)c2c1C[C@H]1C[C@H]3CC(O)=C(C(N)=O)C(=O)[C@@]3(O)C(O)C1C2O. The van der Waals surface area contributed by atoms with E-state index in [1.807, 2.05) is 6.92 Å². The summed E-state index contributed by atoms with van der Waals surface area (Å²) in [5, 5.41) is 54.5. The lowest BCUT2D eigenvalue weighted by Crippen LogP contribution is -2.66. The summed E-state index contributed by atoms with van der Waals surface area (Å²) >= 11 is 0. The Hall–Kier alpha value is -2.75. The molecule has 0 saturated heterocycles. The second-order valence-electron chi connectivity index (χ2n) is 9.81. The zero-order valence-electron chi connectivity index (χ0n) is 19.0. The third-order valence-corrected chi connectivity index (χ3v) is 7.90. The minimum Gasteiger partial charge on any atom is -0.511 e. The largest absolute Gasteiger partial charge is 0.511 e. The quantitative estimate of drug-likeness (QED) is 0.204. The van der Waals surface area contributed by atoms with Gasteiger partial charge in [-0.05, 0) is 42.9 Å². The standard InChI is InChI=1S/C25H31NO8/c1-2-3-4-5-15(27)13-6-7-16(28)19-14(13)9-11-8-12-10-17(29)20(24(26)33)23(32)25(12,34)22(31)18(11)21(19)30/h6-7,11-12,18,21-22,28-31,34H,2-5,8-10H2,1H3,(H2,26,33)/t11-,12+,18?,21?,22?,25+/m1/s1. The van der Waals surface area contributed by atoms with Crippen LogP contribution in [0.4, 0.5) is 0 Å². The molecule has 1 fully saturated rings. The zero-order valence-corrected chi connectivity index (χ0v) is 19.0. The van der Waals surface area contributed by atoms with Crippen LogP contribution in [0, 0.1) is 17.8 Å². The molecule has 1 saturated carbocycles. The average molecular weight is 474 g/mol. The van der Waals surface area contributed by atoms with Crippen LogP contribution in [0.5, 0.6) is 5.75 Å². The Morgan fingerprint density at radius 1 is 1.15 bits per heavy atom. The molecule has 3 aliphatic carbocycles. The van der Waals surface area contributed by atoms with Crippen molar-refractivity contribution in [1.29, 1.82) is 0 Å². The van der Waals surface area contributed by atoms with E-state index in [1.165, 1.54) is 6.07 Å². The molecule has 0 radical (unpaired) electrons. The van der Waals surface area contributed by atoms with E-state index in [-0.39, 0.29) is 36.4 Å². The first-order valence-electron chi connectivity index (χ1n) is 11.8. The highest BCUT2D eigenvalue weighted by molar-refractivity contribution is 6.23. The number of ketones is 2. The summed E-state index contributed by atoms with van der Waals surface area (Å²) < 4.78 is 0. The maximum Gasteiger partial charge on any atom is 0.255 e. The van der Waals surface area contributed by atoms with Crippen LogP contribution in [0.2, 0.25) is 0 Å². The van der Waals surface area contributed by atoms with Gasteiger partial charge in [-0.2, -0.15) is 0 Å². The first-order chi connectivity index (χ1) is 16.0. The number of phenols is 1. The van der Waals surface area contributed by atoms with Gasteiger partial charge in [-0.3, -0.25) is 14.4 Å². The van der Waals surface area contributed by atoms with Gasteiger partial charge in [0.15, 0.2) is 11.4 Å². The number of phenolic OH excluding ortho intramolecular Hbond substituents is 1. The molecule has 184 valence electrons. The molecule has 4 rings (SSSR count). The summed E-state index contributed by atoms with van der Waals surface area (Å²) in [6, 6.07) is 2.88. The number of rotatable bonds is 6. The number of amides is 1. The number of aliphatic hydroxyl groups excluding tert-OH is 3. The Morgan fingerprint density at radius 3 is 2.50 bits per heavy atom. The van der Waals surface area contributed by atoms with Gasteiger partial charge < -0.3 is 31.3 Å². The number of carbonyl (C=O) groups is 3. The number of nitrogens with two attached hydrogens (primary N) is 1. The Bertz CT molecular complexity index is 1080. The van der Waals surface area contributed by atoms with Gasteiger partial charge in [0.25, 0.3) is 5.91 Å². The molecule has 34 heavy (non-hydrogen) atoms. The predicted octanol–water partition coefficient (Wildman–Crippen LogP) is 1.36. The van der Waals surface area contributed by atoms with Crippen molar-refractivity contribution in [2.75, 3.05) is 0 Å². The molecule has 0 aliphatic heterocycles. The number of hydrogen-bond donors (Lipinski definition) is 6. The molecule has 7 N–H and O–H groups in total. The highest BCUT2D eigenvalue weighted by Gasteiger charge is 2.63. The number of aromatic hydroxyl groups is 1. The summed E-state index contributed by atoms with van der Waals surface area (Å²) in [5.74, 6) is -5.62. The van der Waals surface area contributed by atoms with Crippen LogP contribution in [0.1, 0.15) is 73.0 Å². The topological polar surface area (TPSA) is 178 Å². The Balaban J connectivity index is 1.74. The summed E-state index contributed by atoms with van der Waals surface area (Å²) in [6.07, 6.45) is -0.146. The third kappa shape index (κ3) is 3.54. The van der Waals surface area contributed by atoms with Gasteiger partial charge in [-0.1, -0.05) is 19.8 Å². The first-order valence-corrected chi connectivity index (χ1v) is 11.8. The van der Waals surface area contributed by atoms with E-state index in [0.717, 1.165) is 19.3 Å². The van der Waals surface area contributed by atoms with Crippen LogP contribution in [-0.4, -0.2) is 54.7 Å². The van der Waals surface area contributed by atoms with Crippen LogP contribution < -0.4 is 5.73 Å². The number of benzene rings is 1. The van der Waals surface area contributed by atoms with Gasteiger partial charge in [0.1, 0.15) is 17.1 Å². The van der Waals surface area contributed by atoms with E-state index in [2.05, 4.69) is 0 Å². The number of unbranched alkanes of at least 4 members (excludes halogenated alkanes) is 2. The molecule has 0 heterocycles. The highest BCUT2D eigenvalue weighted by atomic mass is 16.4. The molecule has 6 atom stereocenters. The number of fused-ring (bicyclic) bond motifs is 3. The first kappa shape index (κ1) is 24.4. The van der Waals surface area contributed by atoms with Gasteiger partial charge in [-0.15, -0.1) is 0 Å². The molecule has 0 aromatic heterocycles. The van der Waals surface area contributed by atoms with Gasteiger partial charge >= 0.3 is 0 Å². The van der Waals surface area contributed by atoms with Crippen molar-refractivity contribution < 1.29 is 39.9 Å². The number of aliphatic hydroxyl groups is 4. The van der Waals surface area contributed by atoms with Gasteiger partial charge in [0.2, 0.25) is 5.78 Å². The van der Waals surface area contributed by atoms with Crippen LogP contribution in [0.15, 0.2) is 23.5 Å². The number of carbonyl (C=O) groups excluding carboxylic acids is 3. The van der Waals surface area contributed by atoms with Crippen molar-refractivity contribution in [2.24, 2.45) is 23.5 Å². The van der Waals surface area contributed by atoms with Crippen molar-refractivity contribution >= 4 is 17.5 Å². The van der Waals surface area contributed by atoms with E-state index in [9.17, 15) is 39.9 Å². The molecule has 0 bridgehead atoms. The fraction of sp³-hybridized carbons (Fsp3) is 0.560. The second-order valence-corrected chi connectivity index (χ2v) is 9.81. The monoisotopic (exact) mass is 473 g/mol. The summed E-state index contributed by atoms with van der Waals surface area (Å²) in [6.45, 7) is 2.04. The fourth-order valence-electron chi connectivity index (χ4n) is 6.21. The van der Waals surface area contributed by atoms with Crippen LogP contribution in [-0.2, 0) is 16.0 Å². The van der Waals surface area contributed by atoms with E-state index < -0.39 is 58.6 Å². The lowest BCUT2D eigenvalue weighted by atomic mass is 9.54. The van der Waals surface area contributed by atoms with E-state index in [0.29, 0.717) is 17.5 Å². The smallest absolute Gasteiger partial charge is 0.255 e. The number of hydrogen-bond acceptors (Lipinski definition) is 8. The van der Waals surface area contributed by atoms with Gasteiger partial charge in [-0.25, -0.2) is 0 Å². The van der Waals surface area contributed by atoms with Gasteiger partial charge in [0.05, 0.1) is 12.2 Å². The maximum atomic E-state index is 13.0. The maximum absolute atomic E-state index is 13.0. The summed E-state index contributed by atoms with van der Waals surface area (Å²) in [5.41, 5.74) is 3.09. The lowest BCUT2D eigenvalue weighted by molar-refractivity contribution is -0.202. The van der Waals surface area contributed by atoms with Crippen LogP contribution in [0.25, 0.3) is 0 Å². The number of primary amides is 1. The molecule has 1 aromatic carbocycles. The van der Waals surface area contributed by atoms with Crippen molar-refractivity contribution in [2.45, 2.75) is 69.7 Å². The molecule has 3 unspecified atom stereocenters. The van der Waals surface area contributed by atoms with E-state index >= 15 is 0 Å². The molecule has 1 aromatic rings. The molecular weight excluding hydrogens is 442 g/mol. The Morgan fingerprint density at radius 2 is 1.85 bits per heavy atom. The van der Waals surface area contributed by atoms with Crippen molar-refractivity contribution in [3.63, 3.8) is 0 Å². The molecular formula is C25H31NO8. The Kier molecular flexibility index (Phi) is 6.30. The van der Waals surface area contributed by atoms with Crippen molar-refractivity contribution in [1.82, 2.24) is 0 Å². The normalized spacial score (nSPS) is 32.6. The molecule has 3 aliphatic rings. The summed E-state index contributed by atoms with van der Waals surface area (Å²) in [4.78, 5) is 37.6. The molecule has 1 amide bonds. The zero-order chi connectivity index (χ0) is 24.9. The van der Waals surface area contributed by atoms with Crippen molar-refractivity contribution in [3.8, 4) is 5.75 Å². The third-order valence-electron chi connectivity index (χ3n) is 7.90. The van der Waals surface area contributed by atoms with Crippen molar-refractivity contribution in [3.05, 3.63) is 40.2 Å². The predicted molar refractivity (Wildman–Crippen MR) is 120 cm³/mol. The summed E-state index contributed by atoms with van der Waals surface area (Å²) in [7, 11) is 0. The second kappa shape index (κ2) is 8.79. The minimum absolute atomic E-state index is 0.0947. The van der Waals surface area contributed by atoms with Crippen LogP contribution in [0.3, 0.4) is 0 Å². The van der Waals surface area contributed by atoms with Crippen LogP contribution >= 0.6 is 0 Å². The average Bonchev–Trinajstić information content (AvgIpc) is 2.76. The van der Waals surface area contributed by atoms with E-state index in [1.54, 1.807) is 6.07 Å². The highest BCUT2D eigenvalue weighted by Crippen LogP contribution is 2.55. The Labute approximate surface area is 196 Å². The number of allylic oxidation sites excluding steroid dienone is 1. The lowest BCUT2D eigenvalue weighted by Gasteiger charge is -2.54. The number of Topliss-reactive ketones (excluding diaryl/α,β-unsaturated/α-hetero) is 2. The molecule has 9 heteroatoms. The minimum atomic E-state index is -2.42. The molecule has 9 nitrogen and oxygen atoms in total. The molecule has 0 spiro atoms. The van der Waals surface area contributed by atoms with Gasteiger partial charge in [0, 0.05) is 35.8 Å².